The van der Waals surface area contributed by atoms with Crippen LogP contribution in [-0.4, -0.2) is 29.8 Å². The standard InChI is InChI=1S/C16H19N3O3S/c1-21-10-15-18-19-16(23-15)17-14(20)9-22-13-7-6-11-4-2-3-5-12(11)8-13/h6-8H,2-5,9-10H2,1H3,(H,17,19,20). The Morgan fingerprint density at radius 1 is 1.26 bits per heavy atom. The van der Waals surface area contributed by atoms with Gasteiger partial charge in [0.25, 0.3) is 5.91 Å². The number of hydrogen-bond donors (Lipinski definition) is 1. The molecule has 6 nitrogen and oxygen atoms in total. The summed E-state index contributed by atoms with van der Waals surface area (Å²) in [7, 11) is 1.59. The molecule has 0 aliphatic heterocycles. The molecule has 1 aliphatic rings. The van der Waals surface area contributed by atoms with Crippen LogP contribution < -0.4 is 10.1 Å². The minimum atomic E-state index is -0.247. The Labute approximate surface area is 138 Å². The molecule has 0 radical (unpaired) electrons. The third kappa shape index (κ3) is 4.27. The van der Waals surface area contributed by atoms with Gasteiger partial charge in [-0.3, -0.25) is 10.1 Å². The third-order valence-corrected chi connectivity index (χ3v) is 4.48. The minimum Gasteiger partial charge on any atom is -0.484 e. The lowest BCUT2D eigenvalue weighted by Crippen LogP contribution is -2.20. The van der Waals surface area contributed by atoms with Crippen molar-refractivity contribution in [3.05, 3.63) is 34.3 Å². The van der Waals surface area contributed by atoms with Crippen LogP contribution in [0.15, 0.2) is 18.2 Å². The lowest BCUT2D eigenvalue weighted by atomic mass is 9.92. The molecule has 3 rings (SSSR count). The van der Waals surface area contributed by atoms with Crippen LogP contribution in [0.4, 0.5) is 5.13 Å². The van der Waals surface area contributed by atoms with Crippen LogP contribution in [0.25, 0.3) is 0 Å². The fourth-order valence-corrected chi connectivity index (χ4v) is 3.32. The molecule has 0 bridgehead atoms. The largest absolute Gasteiger partial charge is 0.484 e. The number of carbonyl (C=O) groups is 1. The number of nitrogens with one attached hydrogen (secondary N) is 1. The number of benzene rings is 1. The summed E-state index contributed by atoms with van der Waals surface area (Å²) in [6.45, 7) is 0.344. The Morgan fingerprint density at radius 3 is 2.91 bits per heavy atom. The highest BCUT2D eigenvalue weighted by Gasteiger charge is 2.12. The quantitative estimate of drug-likeness (QED) is 0.879. The van der Waals surface area contributed by atoms with Crippen molar-refractivity contribution in [1.29, 1.82) is 0 Å². The molecule has 23 heavy (non-hydrogen) atoms. The van der Waals surface area contributed by atoms with E-state index in [1.54, 1.807) is 7.11 Å². The summed E-state index contributed by atoms with van der Waals surface area (Å²) in [5.41, 5.74) is 2.73. The van der Waals surface area contributed by atoms with E-state index in [0.717, 1.165) is 23.6 Å². The second-order valence-electron chi connectivity index (χ2n) is 5.41. The van der Waals surface area contributed by atoms with Gasteiger partial charge in [-0.15, -0.1) is 10.2 Å². The van der Waals surface area contributed by atoms with E-state index < -0.39 is 0 Å². The molecule has 0 saturated heterocycles. The Bertz CT molecular complexity index is 687. The van der Waals surface area contributed by atoms with E-state index in [9.17, 15) is 4.79 Å². The first-order valence-electron chi connectivity index (χ1n) is 7.60. The number of aromatic nitrogens is 2. The van der Waals surface area contributed by atoms with Gasteiger partial charge in [0, 0.05) is 7.11 Å². The van der Waals surface area contributed by atoms with Crippen molar-refractivity contribution in [3.8, 4) is 5.75 Å². The molecule has 1 amide bonds. The summed E-state index contributed by atoms with van der Waals surface area (Å²) in [6, 6.07) is 6.08. The van der Waals surface area contributed by atoms with Crippen LogP contribution in [-0.2, 0) is 29.0 Å². The maximum absolute atomic E-state index is 11.9. The van der Waals surface area contributed by atoms with Crippen LogP contribution in [0.5, 0.6) is 5.75 Å². The molecular weight excluding hydrogens is 314 g/mol. The van der Waals surface area contributed by atoms with Gasteiger partial charge in [-0.25, -0.2) is 0 Å². The number of hydrogen-bond acceptors (Lipinski definition) is 6. The first kappa shape index (κ1) is 15.9. The maximum Gasteiger partial charge on any atom is 0.264 e. The van der Waals surface area contributed by atoms with Crippen molar-refractivity contribution < 1.29 is 14.3 Å². The molecule has 1 aromatic carbocycles. The Kier molecular flexibility index (Phi) is 5.19. The fourth-order valence-electron chi connectivity index (χ4n) is 2.59. The zero-order chi connectivity index (χ0) is 16.1. The number of fused-ring (bicyclic) bond motifs is 1. The van der Waals surface area contributed by atoms with Crippen molar-refractivity contribution in [2.75, 3.05) is 19.0 Å². The van der Waals surface area contributed by atoms with Crippen LogP contribution in [0, 0.1) is 0 Å². The topological polar surface area (TPSA) is 73.3 Å². The van der Waals surface area contributed by atoms with Crippen LogP contribution >= 0.6 is 11.3 Å². The van der Waals surface area contributed by atoms with Crippen molar-refractivity contribution in [2.45, 2.75) is 32.3 Å². The smallest absolute Gasteiger partial charge is 0.264 e. The van der Waals surface area contributed by atoms with Crippen LogP contribution in [0.1, 0.15) is 29.0 Å². The monoisotopic (exact) mass is 333 g/mol. The third-order valence-electron chi connectivity index (χ3n) is 3.67. The molecular formula is C16H19N3O3S. The first-order chi connectivity index (χ1) is 11.2. The van der Waals surface area contributed by atoms with Crippen molar-refractivity contribution in [3.63, 3.8) is 0 Å². The molecule has 0 unspecified atom stereocenters. The Balaban J connectivity index is 1.52. The summed E-state index contributed by atoms with van der Waals surface area (Å²) in [5.74, 6) is 0.487. The Morgan fingerprint density at radius 2 is 2.09 bits per heavy atom. The predicted octanol–water partition coefficient (Wildman–Crippen LogP) is 2.58. The average molecular weight is 333 g/mol. The van der Waals surface area contributed by atoms with E-state index in [-0.39, 0.29) is 12.5 Å². The summed E-state index contributed by atoms with van der Waals surface area (Å²) < 4.78 is 10.5. The molecule has 2 aromatic rings. The van der Waals surface area contributed by atoms with E-state index in [0.29, 0.717) is 11.7 Å². The lowest BCUT2D eigenvalue weighted by Gasteiger charge is -2.16. The number of carbonyl (C=O) groups excluding carboxylic acids is 1. The normalized spacial score (nSPS) is 13.4. The van der Waals surface area contributed by atoms with Gasteiger partial charge in [0.1, 0.15) is 17.4 Å². The summed E-state index contributed by atoms with van der Waals surface area (Å²) in [6.07, 6.45) is 4.70. The molecule has 0 atom stereocenters. The van der Waals surface area contributed by atoms with Gasteiger partial charge >= 0.3 is 0 Å². The highest BCUT2D eigenvalue weighted by Crippen LogP contribution is 2.25. The molecule has 0 saturated carbocycles. The minimum absolute atomic E-state index is 0.0437. The van der Waals surface area contributed by atoms with E-state index in [1.807, 2.05) is 12.1 Å². The number of ether oxygens (including phenoxy) is 2. The van der Waals surface area contributed by atoms with Gasteiger partial charge in [0.2, 0.25) is 5.13 Å². The number of anilines is 1. The molecule has 1 N–H and O–H groups in total. The number of rotatable bonds is 6. The molecule has 122 valence electrons. The SMILES string of the molecule is COCc1nnc(NC(=O)COc2ccc3c(c2)CCCC3)s1. The summed E-state index contributed by atoms with van der Waals surface area (Å²) in [4.78, 5) is 11.9. The van der Waals surface area contributed by atoms with Crippen molar-refractivity contribution >= 4 is 22.4 Å². The summed E-state index contributed by atoms with van der Waals surface area (Å²) in [5, 5.41) is 11.7. The van der Waals surface area contributed by atoms with E-state index in [2.05, 4.69) is 21.6 Å². The van der Waals surface area contributed by atoms with Crippen LogP contribution in [0.3, 0.4) is 0 Å². The van der Waals surface area contributed by atoms with E-state index in [1.165, 1.54) is 35.3 Å². The molecule has 7 heteroatoms. The van der Waals surface area contributed by atoms with E-state index in [4.69, 9.17) is 9.47 Å². The van der Waals surface area contributed by atoms with Crippen molar-refractivity contribution in [1.82, 2.24) is 10.2 Å². The van der Waals surface area contributed by atoms with Gasteiger partial charge in [-0.2, -0.15) is 0 Å². The zero-order valence-electron chi connectivity index (χ0n) is 13.0. The lowest BCUT2D eigenvalue weighted by molar-refractivity contribution is -0.118. The summed E-state index contributed by atoms with van der Waals surface area (Å²) >= 11 is 1.29. The molecule has 0 spiro atoms. The van der Waals surface area contributed by atoms with Gasteiger partial charge in [-0.05, 0) is 48.9 Å². The second kappa shape index (κ2) is 7.52. The fraction of sp³-hybridized carbons (Fsp3) is 0.438. The van der Waals surface area contributed by atoms with Gasteiger partial charge in [0.05, 0.1) is 0 Å². The Hall–Kier alpha value is -1.99. The second-order valence-corrected chi connectivity index (χ2v) is 6.47. The number of aryl methyl sites for hydroxylation is 2. The molecule has 1 heterocycles. The highest BCUT2D eigenvalue weighted by atomic mass is 32.1. The first-order valence-corrected chi connectivity index (χ1v) is 8.42. The number of nitrogens with zero attached hydrogens (tertiary/aromatic N) is 2. The number of methoxy groups -OCH3 is 1. The van der Waals surface area contributed by atoms with E-state index >= 15 is 0 Å². The molecule has 1 aliphatic carbocycles. The average Bonchev–Trinajstić information content (AvgIpc) is 3.00. The zero-order valence-corrected chi connectivity index (χ0v) is 13.8. The van der Waals surface area contributed by atoms with Gasteiger partial charge in [-0.1, -0.05) is 17.4 Å². The van der Waals surface area contributed by atoms with Crippen LogP contribution in [0.2, 0.25) is 0 Å². The molecule has 0 fully saturated rings. The predicted molar refractivity (Wildman–Crippen MR) is 87.8 cm³/mol. The molecule has 1 aromatic heterocycles. The number of amides is 1. The van der Waals surface area contributed by atoms with Gasteiger partial charge in [0.15, 0.2) is 6.61 Å². The highest BCUT2D eigenvalue weighted by molar-refractivity contribution is 7.15. The van der Waals surface area contributed by atoms with Crippen molar-refractivity contribution in [2.24, 2.45) is 0 Å². The maximum atomic E-state index is 11.9. The van der Waals surface area contributed by atoms with Gasteiger partial charge < -0.3 is 9.47 Å².